The first kappa shape index (κ1) is 31.4. The average Bonchev–Trinajstić information content (AvgIpc) is 3.40. The lowest BCUT2D eigenvalue weighted by atomic mass is 9.79. The van der Waals surface area contributed by atoms with Crippen LogP contribution in [0.5, 0.6) is 11.5 Å². The molecular weight excluding hydrogens is 591 g/mol. The zero-order chi connectivity index (χ0) is 31.5. The van der Waals surface area contributed by atoms with Gasteiger partial charge in [-0.3, -0.25) is 18.9 Å². The minimum Gasteiger partial charge on any atom is -0.493 e. The van der Waals surface area contributed by atoms with Gasteiger partial charge in [-0.15, -0.1) is 0 Å². The monoisotopic (exact) mass is 624 g/mol. The number of phosphoric acid groups is 1. The first-order chi connectivity index (χ1) is 21.1. The molecule has 0 radical (unpaired) electrons. The van der Waals surface area contributed by atoms with E-state index < -0.39 is 43.1 Å². The summed E-state index contributed by atoms with van der Waals surface area (Å²) in [7, 11) is -1.92. The van der Waals surface area contributed by atoms with Crippen LogP contribution in [0.2, 0.25) is 0 Å². The van der Waals surface area contributed by atoms with Crippen molar-refractivity contribution in [1.29, 1.82) is 0 Å². The van der Waals surface area contributed by atoms with Gasteiger partial charge in [-0.2, -0.15) is 0 Å². The highest BCUT2D eigenvalue weighted by Crippen LogP contribution is 2.49. The molecule has 3 atom stereocenters. The van der Waals surface area contributed by atoms with Crippen molar-refractivity contribution in [3.8, 4) is 11.5 Å². The van der Waals surface area contributed by atoms with Gasteiger partial charge in [0.15, 0.2) is 11.5 Å². The number of nitrogens with one attached hydrogen (secondary N) is 1. The fourth-order valence-corrected chi connectivity index (χ4v) is 6.12. The van der Waals surface area contributed by atoms with Crippen molar-refractivity contribution in [3.05, 3.63) is 128 Å². The molecule has 5 rings (SSSR count). The smallest absolute Gasteiger partial charge is 0.469 e. The summed E-state index contributed by atoms with van der Waals surface area (Å²) >= 11 is 0. The lowest BCUT2D eigenvalue weighted by Crippen LogP contribution is -2.39. The second kappa shape index (κ2) is 12.9. The Morgan fingerprint density at radius 2 is 1.59 bits per heavy atom. The number of para-hydroxylation sites is 1. The zero-order valence-corrected chi connectivity index (χ0v) is 25.2. The predicted octanol–water partition coefficient (Wildman–Crippen LogP) is 3.64. The van der Waals surface area contributed by atoms with Crippen LogP contribution in [0.1, 0.15) is 34.9 Å². The highest BCUT2D eigenvalue weighted by molar-refractivity contribution is 7.46. The number of hydrogen-bond donors (Lipinski definition) is 3. The second-order valence-electron chi connectivity index (χ2n) is 10.2. The van der Waals surface area contributed by atoms with Crippen molar-refractivity contribution in [1.82, 2.24) is 9.55 Å². The molecule has 1 saturated heterocycles. The molecule has 1 fully saturated rings. The van der Waals surface area contributed by atoms with Crippen molar-refractivity contribution in [2.24, 2.45) is 0 Å². The Labute approximate surface area is 253 Å². The standard InChI is InChI=1S/C31H33N2O10P/c1-20-18-33(30(35)32-29(20)34)27-17-25(43-44(36,37)38)26(42-27)19-41-31(21-11-6-4-7-12-21,22-13-8-5-9-14-22)23-15-10-16-24(39-2)28(23)40-3/h4-16,18,25-27H,17,19H2,1-3H3,(H,32,34,35)(H2,36,37,38)/t25-,26+,27+/m0/s1. The maximum atomic E-state index is 12.7. The Bertz CT molecular complexity index is 1710. The molecule has 0 amide bonds. The fourth-order valence-electron chi connectivity index (χ4n) is 5.55. The number of methoxy groups -OCH3 is 2. The molecular formula is C31H33N2O10P. The summed E-state index contributed by atoms with van der Waals surface area (Å²) in [4.78, 5) is 46.3. The van der Waals surface area contributed by atoms with Crippen LogP contribution in [0.25, 0.3) is 0 Å². The molecule has 3 aromatic carbocycles. The lowest BCUT2D eigenvalue weighted by molar-refractivity contribution is -0.0938. The molecule has 13 heteroatoms. The van der Waals surface area contributed by atoms with Crippen LogP contribution in [0.4, 0.5) is 0 Å². The molecule has 3 N–H and O–H groups in total. The number of aromatic amines is 1. The van der Waals surface area contributed by atoms with Gasteiger partial charge < -0.3 is 28.7 Å². The van der Waals surface area contributed by atoms with Gasteiger partial charge >= 0.3 is 13.5 Å². The molecule has 0 bridgehead atoms. The number of nitrogens with zero attached hydrogens (tertiary/aromatic N) is 1. The number of hydrogen-bond acceptors (Lipinski definition) is 8. The normalized spacial score (nSPS) is 18.7. The summed E-state index contributed by atoms with van der Waals surface area (Å²) in [5.41, 5.74) is -0.286. The molecule has 0 spiro atoms. The van der Waals surface area contributed by atoms with E-state index in [2.05, 4.69) is 4.98 Å². The van der Waals surface area contributed by atoms with Gasteiger partial charge in [0.1, 0.15) is 24.0 Å². The topological polar surface area (TPSA) is 159 Å². The van der Waals surface area contributed by atoms with Crippen LogP contribution in [-0.2, 0) is 24.2 Å². The van der Waals surface area contributed by atoms with E-state index in [4.69, 9.17) is 23.5 Å². The van der Waals surface area contributed by atoms with Gasteiger partial charge in [-0.25, -0.2) is 9.36 Å². The van der Waals surface area contributed by atoms with Crippen molar-refractivity contribution < 1.29 is 37.8 Å². The number of benzene rings is 3. The van der Waals surface area contributed by atoms with Crippen LogP contribution >= 0.6 is 7.82 Å². The second-order valence-corrected chi connectivity index (χ2v) is 11.4. The van der Waals surface area contributed by atoms with Crippen LogP contribution in [0.3, 0.4) is 0 Å². The maximum Gasteiger partial charge on any atom is 0.469 e. The summed E-state index contributed by atoms with van der Waals surface area (Å²) in [6, 6.07) is 24.3. The SMILES string of the molecule is COc1cccc(C(OC[C@H]2O[C@@H](n3cc(C)c(=O)[nH]c3=O)C[C@@H]2OP(=O)(O)O)(c2ccccc2)c2ccccc2)c1OC. The molecule has 0 unspecified atom stereocenters. The van der Waals surface area contributed by atoms with E-state index in [0.717, 1.165) is 11.1 Å². The molecule has 0 saturated carbocycles. The Hall–Kier alpha value is -4.03. The quantitative estimate of drug-likeness (QED) is 0.166. The largest absolute Gasteiger partial charge is 0.493 e. The number of aromatic nitrogens is 2. The fraction of sp³-hybridized carbons (Fsp3) is 0.290. The van der Waals surface area contributed by atoms with Gasteiger partial charge in [0.05, 0.1) is 20.8 Å². The van der Waals surface area contributed by atoms with Crippen molar-refractivity contribution >= 4 is 7.82 Å². The number of aryl methyl sites for hydroxylation is 1. The summed E-state index contributed by atoms with van der Waals surface area (Å²) in [6.45, 7) is 1.30. The zero-order valence-electron chi connectivity index (χ0n) is 24.3. The minimum absolute atomic E-state index is 0.101. The van der Waals surface area contributed by atoms with E-state index in [1.54, 1.807) is 6.07 Å². The van der Waals surface area contributed by atoms with Crippen molar-refractivity contribution in [2.45, 2.75) is 37.4 Å². The lowest BCUT2D eigenvalue weighted by Gasteiger charge is -2.38. The Kier molecular flexibility index (Phi) is 9.21. The van der Waals surface area contributed by atoms with Gasteiger partial charge in [0.2, 0.25) is 0 Å². The molecule has 44 heavy (non-hydrogen) atoms. The van der Waals surface area contributed by atoms with Gasteiger partial charge in [-0.1, -0.05) is 72.8 Å². The van der Waals surface area contributed by atoms with Crippen molar-refractivity contribution in [3.63, 3.8) is 0 Å². The Morgan fingerprint density at radius 3 is 2.16 bits per heavy atom. The highest BCUT2D eigenvalue weighted by Gasteiger charge is 2.46. The first-order valence-electron chi connectivity index (χ1n) is 13.8. The summed E-state index contributed by atoms with van der Waals surface area (Å²) in [5.74, 6) is 0.892. The number of rotatable bonds is 11. The van der Waals surface area contributed by atoms with Gasteiger partial charge in [-0.05, 0) is 24.1 Å². The average molecular weight is 625 g/mol. The molecule has 232 valence electrons. The number of phosphoric ester groups is 1. The van der Waals surface area contributed by atoms with Crippen LogP contribution in [-0.4, -0.2) is 52.4 Å². The highest BCUT2D eigenvalue weighted by atomic mass is 31.2. The third-order valence-electron chi connectivity index (χ3n) is 7.52. The van der Waals surface area contributed by atoms with E-state index in [1.807, 2.05) is 72.8 Å². The van der Waals surface area contributed by atoms with E-state index in [-0.39, 0.29) is 18.6 Å². The summed E-state index contributed by atoms with van der Waals surface area (Å²) in [6.07, 6.45) is -1.98. The van der Waals surface area contributed by atoms with E-state index >= 15 is 0 Å². The van der Waals surface area contributed by atoms with Crippen LogP contribution < -0.4 is 20.7 Å². The van der Waals surface area contributed by atoms with E-state index in [1.165, 1.54) is 31.9 Å². The Balaban J connectivity index is 1.63. The summed E-state index contributed by atoms with van der Waals surface area (Å²) in [5, 5.41) is 0. The van der Waals surface area contributed by atoms with Gasteiger partial charge in [0, 0.05) is 23.7 Å². The van der Waals surface area contributed by atoms with Crippen molar-refractivity contribution in [2.75, 3.05) is 20.8 Å². The maximum absolute atomic E-state index is 12.7. The van der Waals surface area contributed by atoms with E-state index in [0.29, 0.717) is 17.1 Å². The molecule has 1 aliphatic heterocycles. The van der Waals surface area contributed by atoms with Crippen LogP contribution in [0, 0.1) is 6.92 Å². The molecule has 1 aliphatic rings. The molecule has 4 aromatic rings. The third kappa shape index (κ3) is 6.27. The van der Waals surface area contributed by atoms with E-state index in [9.17, 15) is 23.9 Å². The molecule has 2 heterocycles. The number of ether oxygens (including phenoxy) is 4. The van der Waals surface area contributed by atoms with Gasteiger partial charge in [0.25, 0.3) is 5.56 Å². The molecule has 12 nitrogen and oxygen atoms in total. The van der Waals surface area contributed by atoms with Crippen LogP contribution in [0.15, 0.2) is 94.6 Å². The molecule has 0 aliphatic carbocycles. The number of H-pyrrole nitrogens is 1. The molecule has 1 aromatic heterocycles. The third-order valence-corrected chi connectivity index (χ3v) is 8.06. The Morgan fingerprint density at radius 1 is 0.955 bits per heavy atom. The minimum atomic E-state index is -4.98. The predicted molar refractivity (Wildman–Crippen MR) is 160 cm³/mol. The first-order valence-corrected chi connectivity index (χ1v) is 15.3. The summed E-state index contributed by atoms with van der Waals surface area (Å²) < 4.78 is 42.8.